The summed E-state index contributed by atoms with van der Waals surface area (Å²) in [6.45, 7) is 3.52. The molecule has 0 spiro atoms. The van der Waals surface area contributed by atoms with Gasteiger partial charge in [-0.05, 0) is 43.6 Å². The highest BCUT2D eigenvalue weighted by Gasteiger charge is 2.54. The van der Waals surface area contributed by atoms with Crippen LogP contribution < -0.4 is 5.32 Å². The van der Waals surface area contributed by atoms with Crippen molar-refractivity contribution in [2.24, 2.45) is 23.7 Å². The van der Waals surface area contributed by atoms with Gasteiger partial charge in [-0.1, -0.05) is 31.6 Å². The SMILES string of the molecule is CC(C)C(=O)N[C@@]1(O)C(=O)C=C2CCC[C@H]3C=CC[C@@H]1[C@@H]23. The van der Waals surface area contributed by atoms with Crippen LogP contribution in [-0.2, 0) is 9.59 Å². The molecular weight excluding hydrogens is 266 g/mol. The van der Waals surface area contributed by atoms with Gasteiger partial charge in [-0.15, -0.1) is 0 Å². The molecule has 0 aromatic carbocycles. The van der Waals surface area contributed by atoms with Gasteiger partial charge in [0.15, 0.2) is 0 Å². The molecule has 4 nitrogen and oxygen atoms in total. The highest BCUT2D eigenvalue weighted by Crippen LogP contribution is 2.49. The van der Waals surface area contributed by atoms with Gasteiger partial charge in [0.25, 0.3) is 0 Å². The van der Waals surface area contributed by atoms with Gasteiger partial charge < -0.3 is 10.4 Å². The first-order valence-corrected chi connectivity index (χ1v) is 7.89. The molecule has 0 unspecified atom stereocenters. The van der Waals surface area contributed by atoms with Crippen LogP contribution in [0.3, 0.4) is 0 Å². The van der Waals surface area contributed by atoms with Crippen molar-refractivity contribution in [3.8, 4) is 0 Å². The summed E-state index contributed by atoms with van der Waals surface area (Å²) in [5, 5.41) is 13.6. The summed E-state index contributed by atoms with van der Waals surface area (Å²) in [7, 11) is 0. The fourth-order valence-corrected chi connectivity index (χ4v) is 4.03. The number of ketones is 1. The standard InChI is InChI=1S/C17H23NO3/c1-10(2)16(20)18-17(21)13-8-4-6-11-5-3-7-12(15(11)13)9-14(17)19/h4,6,9-11,13,15,21H,3,5,7-8H2,1-2H3,(H,18,20)/t11-,13+,15+,17-/m0/s1. The molecule has 0 heterocycles. The fourth-order valence-electron chi connectivity index (χ4n) is 4.03. The van der Waals surface area contributed by atoms with Crippen molar-refractivity contribution in [2.75, 3.05) is 0 Å². The summed E-state index contributed by atoms with van der Waals surface area (Å²) >= 11 is 0. The van der Waals surface area contributed by atoms with Crippen molar-refractivity contribution in [2.45, 2.75) is 45.3 Å². The Balaban J connectivity index is 1.98. The van der Waals surface area contributed by atoms with Gasteiger partial charge in [-0.25, -0.2) is 0 Å². The topological polar surface area (TPSA) is 66.4 Å². The lowest BCUT2D eigenvalue weighted by atomic mass is 9.59. The fraction of sp³-hybridized carbons (Fsp3) is 0.647. The van der Waals surface area contributed by atoms with Crippen LogP contribution in [0, 0.1) is 23.7 Å². The molecule has 0 radical (unpaired) electrons. The summed E-state index contributed by atoms with van der Waals surface area (Å²) in [6, 6.07) is 0. The van der Waals surface area contributed by atoms with Gasteiger partial charge in [0.05, 0.1) is 0 Å². The van der Waals surface area contributed by atoms with E-state index in [0.29, 0.717) is 12.3 Å². The minimum atomic E-state index is -1.74. The molecular formula is C17H23NO3. The summed E-state index contributed by atoms with van der Waals surface area (Å²) in [5.41, 5.74) is -0.579. The summed E-state index contributed by atoms with van der Waals surface area (Å²) < 4.78 is 0. The van der Waals surface area contributed by atoms with Crippen molar-refractivity contribution >= 4 is 11.7 Å². The number of carbonyl (C=O) groups excluding carboxylic acids is 2. The third-order valence-corrected chi connectivity index (χ3v) is 5.17. The third kappa shape index (κ3) is 2.26. The highest BCUT2D eigenvalue weighted by molar-refractivity contribution is 6.01. The third-order valence-electron chi connectivity index (χ3n) is 5.17. The number of carbonyl (C=O) groups is 2. The van der Waals surface area contributed by atoms with Crippen LogP contribution in [0.25, 0.3) is 0 Å². The van der Waals surface area contributed by atoms with E-state index in [-0.39, 0.29) is 29.4 Å². The van der Waals surface area contributed by atoms with E-state index in [4.69, 9.17) is 0 Å². The number of hydrogen-bond acceptors (Lipinski definition) is 3. The second-order valence-electron chi connectivity index (χ2n) is 6.85. The molecule has 1 saturated carbocycles. The molecule has 0 aromatic heterocycles. The lowest BCUT2D eigenvalue weighted by Gasteiger charge is -2.49. The first kappa shape index (κ1) is 14.5. The minimum absolute atomic E-state index is 0.193. The predicted octanol–water partition coefficient (Wildman–Crippen LogP) is 1.95. The molecule has 2 N–H and O–H groups in total. The van der Waals surface area contributed by atoms with Gasteiger partial charge in [-0.2, -0.15) is 0 Å². The lowest BCUT2D eigenvalue weighted by Crippen LogP contribution is -2.64. The molecule has 3 aliphatic carbocycles. The van der Waals surface area contributed by atoms with E-state index in [1.165, 1.54) is 0 Å². The molecule has 1 amide bonds. The van der Waals surface area contributed by atoms with E-state index >= 15 is 0 Å². The number of hydrogen-bond donors (Lipinski definition) is 2. The van der Waals surface area contributed by atoms with Gasteiger partial charge in [0.1, 0.15) is 0 Å². The molecule has 4 heteroatoms. The molecule has 0 saturated heterocycles. The number of amides is 1. The summed E-state index contributed by atoms with van der Waals surface area (Å²) in [6.07, 6.45) is 9.62. The Morgan fingerprint density at radius 2 is 2.24 bits per heavy atom. The Labute approximate surface area is 125 Å². The van der Waals surface area contributed by atoms with E-state index in [0.717, 1.165) is 24.8 Å². The average Bonchev–Trinajstić information content (AvgIpc) is 2.45. The molecule has 3 aliphatic rings. The van der Waals surface area contributed by atoms with Gasteiger partial charge in [-0.3, -0.25) is 9.59 Å². The normalized spacial score (nSPS) is 38.0. The summed E-state index contributed by atoms with van der Waals surface area (Å²) in [5.74, 6) is -0.539. The zero-order chi connectivity index (χ0) is 15.2. The molecule has 114 valence electrons. The second-order valence-corrected chi connectivity index (χ2v) is 6.85. The Bertz CT molecular complexity index is 534. The first-order chi connectivity index (χ1) is 9.93. The van der Waals surface area contributed by atoms with Crippen molar-refractivity contribution in [1.82, 2.24) is 5.32 Å². The second kappa shape index (κ2) is 5.09. The maximum Gasteiger partial charge on any atom is 0.225 e. The van der Waals surface area contributed by atoms with E-state index in [2.05, 4.69) is 17.5 Å². The average molecular weight is 289 g/mol. The van der Waals surface area contributed by atoms with Crippen LogP contribution in [0.1, 0.15) is 39.5 Å². The number of nitrogens with one attached hydrogen (secondary N) is 1. The minimum Gasteiger partial charge on any atom is -0.364 e. The maximum atomic E-state index is 12.5. The van der Waals surface area contributed by atoms with Gasteiger partial charge in [0, 0.05) is 11.8 Å². The Hall–Kier alpha value is -1.42. The quantitative estimate of drug-likeness (QED) is 0.603. The monoisotopic (exact) mass is 289 g/mol. The van der Waals surface area contributed by atoms with Gasteiger partial charge >= 0.3 is 0 Å². The Kier molecular flexibility index (Phi) is 3.52. The predicted molar refractivity (Wildman–Crippen MR) is 79.1 cm³/mol. The molecule has 0 aromatic rings. The number of aliphatic hydroxyl groups is 1. The molecule has 0 bridgehead atoms. The van der Waals surface area contributed by atoms with E-state index in [1.807, 2.05) is 0 Å². The van der Waals surface area contributed by atoms with Crippen LogP contribution >= 0.6 is 0 Å². The van der Waals surface area contributed by atoms with Crippen molar-refractivity contribution in [1.29, 1.82) is 0 Å². The zero-order valence-electron chi connectivity index (χ0n) is 12.6. The highest BCUT2D eigenvalue weighted by atomic mass is 16.3. The maximum absolute atomic E-state index is 12.5. The van der Waals surface area contributed by atoms with Crippen LogP contribution in [-0.4, -0.2) is 22.5 Å². The van der Waals surface area contributed by atoms with E-state index < -0.39 is 5.72 Å². The first-order valence-electron chi connectivity index (χ1n) is 7.89. The summed E-state index contributed by atoms with van der Waals surface area (Å²) in [4.78, 5) is 24.5. The number of allylic oxidation sites excluding steroid dienone is 3. The van der Waals surface area contributed by atoms with E-state index in [9.17, 15) is 14.7 Å². The lowest BCUT2D eigenvalue weighted by molar-refractivity contribution is -0.157. The molecule has 1 fully saturated rings. The van der Waals surface area contributed by atoms with Crippen LogP contribution in [0.5, 0.6) is 0 Å². The smallest absolute Gasteiger partial charge is 0.225 e. The number of rotatable bonds is 2. The Morgan fingerprint density at radius 1 is 1.48 bits per heavy atom. The van der Waals surface area contributed by atoms with Crippen molar-refractivity contribution < 1.29 is 14.7 Å². The molecule has 4 atom stereocenters. The molecule has 3 rings (SSSR count). The van der Waals surface area contributed by atoms with Crippen LogP contribution in [0.4, 0.5) is 0 Å². The molecule has 21 heavy (non-hydrogen) atoms. The zero-order valence-corrected chi connectivity index (χ0v) is 12.6. The van der Waals surface area contributed by atoms with Crippen molar-refractivity contribution in [3.05, 3.63) is 23.8 Å². The Morgan fingerprint density at radius 3 is 2.95 bits per heavy atom. The van der Waals surface area contributed by atoms with Crippen LogP contribution in [0.15, 0.2) is 23.8 Å². The van der Waals surface area contributed by atoms with E-state index in [1.54, 1.807) is 19.9 Å². The molecule has 0 aliphatic heterocycles. The van der Waals surface area contributed by atoms with Crippen LogP contribution in [0.2, 0.25) is 0 Å². The van der Waals surface area contributed by atoms with Gasteiger partial charge in [0.2, 0.25) is 17.4 Å². The largest absolute Gasteiger partial charge is 0.364 e. The van der Waals surface area contributed by atoms with Crippen molar-refractivity contribution in [3.63, 3.8) is 0 Å².